The van der Waals surface area contributed by atoms with E-state index in [1.165, 1.54) is 10.5 Å². The van der Waals surface area contributed by atoms with Crippen molar-refractivity contribution < 1.29 is 4.79 Å². The molecule has 1 amide bonds. The minimum atomic E-state index is 0. The van der Waals surface area contributed by atoms with Gasteiger partial charge in [-0.25, -0.2) is 0 Å². The summed E-state index contributed by atoms with van der Waals surface area (Å²) in [7, 11) is 0. The van der Waals surface area contributed by atoms with Gasteiger partial charge in [-0.2, -0.15) is 0 Å². The van der Waals surface area contributed by atoms with E-state index in [1.807, 2.05) is 12.1 Å². The molecule has 1 aliphatic heterocycles. The number of rotatable bonds is 6. The lowest BCUT2D eigenvalue weighted by atomic mass is 10.0. The van der Waals surface area contributed by atoms with E-state index in [0.717, 1.165) is 25.3 Å². The molecule has 106 valence electrons. The molecule has 3 nitrogen and oxygen atoms in total. The molecule has 0 fully saturated rings. The van der Waals surface area contributed by atoms with E-state index >= 15 is 0 Å². The second-order valence-corrected chi connectivity index (χ2v) is 5.50. The van der Waals surface area contributed by atoms with Crippen LogP contribution in [0.1, 0.15) is 24.8 Å². The number of carbonyl (C=O) groups excluding carboxylic acids is 1. The molecule has 0 spiro atoms. The molecule has 0 aliphatic carbocycles. The van der Waals surface area contributed by atoms with Crippen LogP contribution in [0.5, 0.6) is 0 Å². The molecule has 0 aromatic heterocycles. The van der Waals surface area contributed by atoms with Gasteiger partial charge in [0.15, 0.2) is 0 Å². The monoisotopic (exact) mass is 300 g/mol. The predicted molar refractivity (Wildman–Crippen MR) is 83.3 cm³/mol. The van der Waals surface area contributed by atoms with Crippen LogP contribution in [0.3, 0.4) is 0 Å². The summed E-state index contributed by atoms with van der Waals surface area (Å²) < 4.78 is 0. The van der Waals surface area contributed by atoms with E-state index in [9.17, 15) is 4.79 Å². The van der Waals surface area contributed by atoms with Crippen molar-refractivity contribution in [2.24, 2.45) is 0 Å². The summed E-state index contributed by atoms with van der Waals surface area (Å²) in [5.41, 5.74) is 1.18. The molecular formula is C14H21ClN2OS. The fourth-order valence-corrected chi connectivity index (χ4v) is 3.31. The third kappa shape index (κ3) is 4.41. The highest BCUT2D eigenvalue weighted by Gasteiger charge is 2.28. The molecule has 1 atom stereocenters. The first-order chi connectivity index (χ1) is 8.83. The lowest BCUT2D eigenvalue weighted by Gasteiger charge is -2.11. The van der Waals surface area contributed by atoms with Crippen LogP contribution in [0.4, 0.5) is 0 Å². The van der Waals surface area contributed by atoms with E-state index in [0.29, 0.717) is 6.54 Å². The van der Waals surface area contributed by atoms with Gasteiger partial charge in [-0.15, -0.1) is 24.2 Å². The SMILES string of the molecule is CCCNCCNC(=O)C1CSc2ccccc21.Cl. The number of thioether (sulfide) groups is 1. The van der Waals surface area contributed by atoms with Crippen LogP contribution in [0, 0.1) is 0 Å². The van der Waals surface area contributed by atoms with E-state index in [4.69, 9.17) is 0 Å². The Labute approximate surface area is 125 Å². The van der Waals surface area contributed by atoms with Crippen molar-refractivity contribution in [3.05, 3.63) is 29.8 Å². The highest BCUT2D eigenvalue weighted by molar-refractivity contribution is 7.99. The number of hydrogen-bond acceptors (Lipinski definition) is 3. The smallest absolute Gasteiger partial charge is 0.228 e. The van der Waals surface area contributed by atoms with Crippen LogP contribution in [0.15, 0.2) is 29.2 Å². The van der Waals surface area contributed by atoms with Crippen LogP contribution in [-0.4, -0.2) is 31.3 Å². The molecular weight excluding hydrogens is 280 g/mol. The zero-order valence-corrected chi connectivity index (χ0v) is 12.8. The minimum Gasteiger partial charge on any atom is -0.354 e. The van der Waals surface area contributed by atoms with Gasteiger partial charge in [0.1, 0.15) is 0 Å². The van der Waals surface area contributed by atoms with Crippen molar-refractivity contribution in [1.29, 1.82) is 0 Å². The highest BCUT2D eigenvalue weighted by atomic mass is 35.5. The maximum Gasteiger partial charge on any atom is 0.228 e. The van der Waals surface area contributed by atoms with Crippen LogP contribution < -0.4 is 10.6 Å². The van der Waals surface area contributed by atoms with E-state index in [1.54, 1.807) is 11.8 Å². The minimum absolute atomic E-state index is 0. The maximum absolute atomic E-state index is 12.1. The Balaban J connectivity index is 0.00000180. The van der Waals surface area contributed by atoms with Gasteiger partial charge in [0.05, 0.1) is 5.92 Å². The summed E-state index contributed by atoms with van der Waals surface area (Å²) in [6, 6.07) is 8.19. The van der Waals surface area contributed by atoms with Gasteiger partial charge in [-0.3, -0.25) is 4.79 Å². The Morgan fingerprint density at radius 1 is 1.32 bits per heavy atom. The van der Waals surface area contributed by atoms with Crippen molar-refractivity contribution in [3.63, 3.8) is 0 Å². The van der Waals surface area contributed by atoms with Gasteiger partial charge in [-0.1, -0.05) is 25.1 Å². The highest BCUT2D eigenvalue weighted by Crippen LogP contribution is 2.39. The average Bonchev–Trinajstić information content (AvgIpc) is 2.82. The molecule has 2 rings (SSSR count). The normalized spacial score (nSPS) is 16.6. The summed E-state index contributed by atoms with van der Waals surface area (Å²) in [6.45, 7) is 4.71. The molecule has 1 aromatic carbocycles. The molecule has 1 heterocycles. The second-order valence-electron chi connectivity index (χ2n) is 4.44. The van der Waals surface area contributed by atoms with Gasteiger partial charge in [0.2, 0.25) is 5.91 Å². The van der Waals surface area contributed by atoms with Crippen molar-refractivity contribution >= 4 is 30.1 Å². The maximum atomic E-state index is 12.1. The molecule has 5 heteroatoms. The molecule has 0 bridgehead atoms. The van der Waals surface area contributed by atoms with E-state index < -0.39 is 0 Å². The summed E-state index contributed by atoms with van der Waals surface area (Å²) in [6.07, 6.45) is 1.13. The van der Waals surface area contributed by atoms with Crippen LogP contribution >= 0.6 is 24.2 Å². The Bertz CT molecular complexity index is 414. The third-order valence-electron chi connectivity index (χ3n) is 3.04. The molecule has 0 saturated heterocycles. The van der Waals surface area contributed by atoms with Gasteiger partial charge in [0.25, 0.3) is 0 Å². The Kier molecular flexibility index (Phi) is 7.28. The largest absolute Gasteiger partial charge is 0.354 e. The number of halogens is 1. The topological polar surface area (TPSA) is 41.1 Å². The van der Waals surface area contributed by atoms with Crippen molar-refractivity contribution in [2.75, 3.05) is 25.4 Å². The van der Waals surface area contributed by atoms with Crippen molar-refractivity contribution in [2.45, 2.75) is 24.2 Å². The number of nitrogens with one attached hydrogen (secondary N) is 2. The van der Waals surface area contributed by atoms with Crippen LogP contribution in [0.2, 0.25) is 0 Å². The first-order valence-corrected chi connectivity index (χ1v) is 7.51. The molecule has 1 aromatic rings. The quantitative estimate of drug-likeness (QED) is 0.793. The van der Waals surface area contributed by atoms with Crippen molar-refractivity contribution in [1.82, 2.24) is 10.6 Å². The Morgan fingerprint density at radius 3 is 2.89 bits per heavy atom. The first kappa shape index (κ1) is 16.3. The first-order valence-electron chi connectivity index (χ1n) is 6.53. The van der Waals surface area contributed by atoms with E-state index in [2.05, 4.69) is 29.7 Å². The fourth-order valence-electron chi connectivity index (χ4n) is 2.08. The number of carbonyl (C=O) groups is 1. The van der Waals surface area contributed by atoms with Crippen LogP contribution in [0.25, 0.3) is 0 Å². The molecule has 0 saturated carbocycles. The summed E-state index contributed by atoms with van der Waals surface area (Å²) in [5, 5.41) is 6.29. The molecule has 19 heavy (non-hydrogen) atoms. The zero-order valence-electron chi connectivity index (χ0n) is 11.1. The number of hydrogen-bond donors (Lipinski definition) is 2. The van der Waals surface area contributed by atoms with E-state index in [-0.39, 0.29) is 24.2 Å². The van der Waals surface area contributed by atoms with Gasteiger partial charge >= 0.3 is 0 Å². The van der Waals surface area contributed by atoms with Gasteiger partial charge in [-0.05, 0) is 24.6 Å². The number of benzene rings is 1. The Morgan fingerprint density at radius 2 is 2.11 bits per heavy atom. The summed E-state index contributed by atoms with van der Waals surface area (Å²) in [4.78, 5) is 13.3. The van der Waals surface area contributed by atoms with Crippen molar-refractivity contribution in [3.8, 4) is 0 Å². The molecule has 0 radical (unpaired) electrons. The molecule has 2 N–H and O–H groups in total. The Hall–Kier alpha value is -0.710. The average molecular weight is 301 g/mol. The van der Waals surface area contributed by atoms with Gasteiger partial charge in [0, 0.05) is 23.7 Å². The lowest BCUT2D eigenvalue weighted by Crippen LogP contribution is -2.35. The van der Waals surface area contributed by atoms with Gasteiger partial charge < -0.3 is 10.6 Å². The zero-order chi connectivity index (χ0) is 12.8. The lowest BCUT2D eigenvalue weighted by molar-refractivity contribution is -0.122. The second kappa shape index (κ2) is 8.46. The van der Waals surface area contributed by atoms with Crippen LogP contribution in [-0.2, 0) is 4.79 Å². The summed E-state index contributed by atoms with van der Waals surface area (Å²) in [5.74, 6) is 1.05. The summed E-state index contributed by atoms with van der Waals surface area (Å²) >= 11 is 1.78. The standard InChI is InChI=1S/C14H20N2OS.ClH/c1-2-7-15-8-9-16-14(17)12-10-18-13-6-4-3-5-11(12)13;/h3-6,12,15H,2,7-10H2,1H3,(H,16,17);1H. The molecule has 1 unspecified atom stereocenters. The third-order valence-corrected chi connectivity index (χ3v) is 4.23. The predicted octanol–water partition coefficient (Wildman–Crippen LogP) is 2.41. The number of fused-ring (bicyclic) bond motifs is 1. The fraction of sp³-hybridized carbons (Fsp3) is 0.500. The molecule has 1 aliphatic rings. The number of amides is 1.